The van der Waals surface area contributed by atoms with Crippen LogP contribution < -0.4 is 14.2 Å². The van der Waals surface area contributed by atoms with E-state index in [9.17, 15) is 4.79 Å². The number of nitrogens with zero attached hydrogens (tertiary/aromatic N) is 1. The van der Waals surface area contributed by atoms with Gasteiger partial charge in [-0.05, 0) is 91.2 Å². The highest BCUT2D eigenvalue weighted by atomic mass is 16.5. The number of hydrogen-bond acceptors (Lipinski definition) is 5. The largest absolute Gasteiger partial charge is 0.494 e. The van der Waals surface area contributed by atoms with Gasteiger partial charge in [0, 0.05) is 6.21 Å². The standard InChI is InChI=1S/C33H41NO4/c1-3-5-7-8-9-11-25-37-30-18-12-27(13-19-30)26-34-29-16-22-32(23-17-29)38-33(35)28-14-20-31(21-15-28)36-24-10-6-4-2/h12-23,26H,3-11,24-25H2,1-2H3. The van der Waals surface area contributed by atoms with Crippen LogP contribution in [0.25, 0.3) is 0 Å². The lowest BCUT2D eigenvalue weighted by Gasteiger charge is -2.07. The van der Waals surface area contributed by atoms with Crippen molar-refractivity contribution in [2.24, 2.45) is 4.99 Å². The van der Waals surface area contributed by atoms with Crippen LogP contribution in [0.1, 0.15) is 87.6 Å². The van der Waals surface area contributed by atoms with E-state index in [1.807, 2.05) is 42.6 Å². The number of ether oxygens (including phenoxy) is 3. The fourth-order valence-electron chi connectivity index (χ4n) is 3.87. The summed E-state index contributed by atoms with van der Waals surface area (Å²) in [5, 5.41) is 0. The molecule has 0 N–H and O–H groups in total. The molecule has 0 aliphatic rings. The molecular formula is C33H41NO4. The second kappa shape index (κ2) is 17.0. The van der Waals surface area contributed by atoms with E-state index in [1.165, 1.54) is 32.1 Å². The van der Waals surface area contributed by atoms with Gasteiger partial charge in [-0.25, -0.2) is 4.79 Å². The smallest absolute Gasteiger partial charge is 0.343 e. The molecule has 0 fully saturated rings. The Balaban J connectivity index is 1.41. The van der Waals surface area contributed by atoms with E-state index in [2.05, 4.69) is 18.8 Å². The summed E-state index contributed by atoms with van der Waals surface area (Å²) >= 11 is 0. The van der Waals surface area contributed by atoms with Crippen LogP contribution in [0.2, 0.25) is 0 Å². The summed E-state index contributed by atoms with van der Waals surface area (Å²) in [6.07, 6.45) is 12.7. The van der Waals surface area contributed by atoms with Gasteiger partial charge in [0.15, 0.2) is 0 Å². The quantitative estimate of drug-likeness (QED) is 0.0779. The van der Waals surface area contributed by atoms with E-state index in [1.54, 1.807) is 36.4 Å². The zero-order valence-electron chi connectivity index (χ0n) is 22.9. The summed E-state index contributed by atoms with van der Waals surface area (Å²) in [6.45, 7) is 5.84. The summed E-state index contributed by atoms with van der Waals surface area (Å²) in [7, 11) is 0. The van der Waals surface area contributed by atoms with Crippen molar-refractivity contribution in [3.63, 3.8) is 0 Å². The van der Waals surface area contributed by atoms with Crippen molar-refractivity contribution >= 4 is 17.9 Å². The first-order chi connectivity index (χ1) is 18.7. The highest BCUT2D eigenvalue weighted by Crippen LogP contribution is 2.21. The molecule has 3 aromatic carbocycles. The van der Waals surface area contributed by atoms with E-state index >= 15 is 0 Å². The normalized spacial score (nSPS) is 11.0. The van der Waals surface area contributed by atoms with Crippen LogP contribution in [0.15, 0.2) is 77.8 Å². The van der Waals surface area contributed by atoms with Gasteiger partial charge < -0.3 is 14.2 Å². The molecule has 0 aliphatic carbocycles. The maximum atomic E-state index is 12.5. The van der Waals surface area contributed by atoms with Crippen molar-refractivity contribution in [1.29, 1.82) is 0 Å². The Bertz CT molecular complexity index is 1090. The van der Waals surface area contributed by atoms with Gasteiger partial charge in [0.05, 0.1) is 24.5 Å². The van der Waals surface area contributed by atoms with E-state index in [0.717, 1.165) is 55.0 Å². The van der Waals surface area contributed by atoms with Crippen LogP contribution in [0, 0.1) is 0 Å². The van der Waals surface area contributed by atoms with E-state index in [4.69, 9.17) is 14.2 Å². The Labute approximate surface area is 227 Å². The highest BCUT2D eigenvalue weighted by molar-refractivity contribution is 5.91. The first kappa shape index (κ1) is 29.0. The Hall–Kier alpha value is -3.60. The number of esters is 1. The molecule has 0 radical (unpaired) electrons. The number of rotatable bonds is 17. The molecule has 0 atom stereocenters. The van der Waals surface area contributed by atoms with Crippen LogP contribution in [-0.4, -0.2) is 25.4 Å². The maximum Gasteiger partial charge on any atom is 0.343 e. The Morgan fingerprint density at radius 1 is 0.632 bits per heavy atom. The lowest BCUT2D eigenvalue weighted by Crippen LogP contribution is -2.08. The van der Waals surface area contributed by atoms with Gasteiger partial charge in [-0.2, -0.15) is 0 Å². The zero-order chi connectivity index (χ0) is 26.8. The first-order valence-electron chi connectivity index (χ1n) is 14.0. The monoisotopic (exact) mass is 515 g/mol. The fourth-order valence-corrected chi connectivity index (χ4v) is 3.87. The van der Waals surface area contributed by atoms with Crippen molar-refractivity contribution in [3.05, 3.63) is 83.9 Å². The minimum Gasteiger partial charge on any atom is -0.494 e. The minimum absolute atomic E-state index is 0.405. The van der Waals surface area contributed by atoms with Crippen LogP contribution >= 0.6 is 0 Å². The molecule has 0 amide bonds. The van der Waals surface area contributed by atoms with Gasteiger partial charge in [0.2, 0.25) is 0 Å². The molecule has 0 aromatic heterocycles. The minimum atomic E-state index is -0.405. The third-order valence-corrected chi connectivity index (χ3v) is 6.16. The van der Waals surface area contributed by atoms with Crippen LogP contribution in [-0.2, 0) is 0 Å². The van der Waals surface area contributed by atoms with Gasteiger partial charge in [0.25, 0.3) is 0 Å². The summed E-state index contributed by atoms with van der Waals surface area (Å²) in [6, 6.07) is 22.1. The van der Waals surface area contributed by atoms with Gasteiger partial charge >= 0.3 is 5.97 Å². The molecule has 3 rings (SSSR count). The molecule has 0 heterocycles. The number of carbonyl (C=O) groups excluding carboxylic acids is 1. The van der Waals surface area contributed by atoms with Crippen molar-refractivity contribution in [3.8, 4) is 17.2 Å². The van der Waals surface area contributed by atoms with Gasteiger partial charge in [0.1, 0.15) is 17.2 Å². The molecule has 0 spiro atoms. The van der Waals surface area contributed by atoms with Crippen molar-refractivity contribution in [2.75, 3.05) is 13.2 Å². The molecule has 5 nitrogen and oxygen atoms in total. The van der Waals surface area contributed by atoms with Crippen LogP contribution in [0.5, 0.6) is 17.2 Å². The number of benzene rings is 3. The number of unbranched alkanes of at least 4 members (excludes halogenated alkanes) is 7. The Morgan fingerprint density at radius 3 is 1.76 bits per heavy atom. The second-order valence-electron chi connectivity index (χ2n) is 9.41. The predicted octanol–water partition coefficient (Wildman–Crippen LogP) is 8.96. The zero-order valence-corrected chi connectivity index (χ0v) is 22.9. The number of aliphatic imine (C=N–C) groups is 1. The molecule has 3 aromatic rings. The van der Waals surface area contributed by atoms with Gasteiger partial charge in [-0.15, -0.1) is 0 Å². The molecule has 0 aliphatic heterocycles. The SMILES string of the molecule is CCCCCCCCOc1ccc(C=Nc2ccc(OC(=O)c3ccc(OCCCCC)cc3)cc2)cc1. The second-order valence-corrected chi connectivity index (χ2v) is 9.41. The van der Waals surface area contributed by atoms with Crippen LogP contribution in [0.3, 0.4) is 0 Å². The van der Waals surface area contributed by atoms with Gasteiger partial charge in [-0.3, -0.25) is 4.99 Å². The Morgan fingerprint density at radius 2 is 1.13 bits per heavy atom. The first-order valence-corrected chi connectivity index (χ1v) is 14.0. The number of hydrogen-bond donors (Lipinski definition) is 0. The fraction of sp³-hybridized carbons (Fsp3) is 0.394. The Kier molecular flexibility index (Phi) is 13.0. The average molecular weight is 516 g/mol. The summed E-state index contributed by atoms with van der Waals surface area (Å²) in [4.78, 5) is 17.0. The highest BCUT2D eigenvalue weighted by Gasteiger charge is 2.09. The molecule has 0 saturated heterocycles. The molecular weight excluding hydrogens is 474 g/mol. The molecule has 0 bridgehead atoms. The predicted molar refractivity (Wildman–Crippen MR) is 155 cm³/mol. The molecule has 202 valence electrons. The molecule has 0 saturated carbocycles. The molecule has 0 unspecified atom stereocenters. The number of carbonyl (C=O) groups is 1. The van der Waals surface area contributed by atoms with E-state index < -0.39 is 5.97 Å². The lowest BCUT2D eigenvalue weighted by molar-refractivity contribution is 0.0734. The molecule has 5 heteroatoms. The van der Waals surface area contributed by atoms with E-state index in [0.29, 0.717) is 17.9 Å². The lowest BCUT2D eigenvalue weighted by atomic mass is 10.1. The maximum absolute atomic E-state index is 12.5. The van der Waals surface area contributed by atoms with Crippen molar-refractivity contribution in [1.82, 2.24) is 0 Å². The van der Waals surface area contributed by atoms with Crippen molar-refractivity contribution in [2.45, 2.75) is 71.6 Å². The third kappa shape index (κ3) is 10.8. The van der Waals surface area contributed by atoms with Crippen molar-refractivity contribution < 1.29 is 19.0 Å². The van der Waals surface area contributed by atoms with E-state index in [-0.39, 0.29) is 0 Å². The van der Waals surface area contributed by atoms with Crippen LogP contribution in [0.4, 0.5) is 5.69 Å². The third-order valence-electron chi connectivity index (χ3n) is 6.16. The van der Waals surface area contributed by atoms with Gasteiger partial charge in [-0.1, -0.05) is 58.8 Å². The summed E-state index contributed by atoms with van der Waals surface area (Å²) in [5.74, 6) is 1.71. The average Bonchev–Trinajstić information content (AvgIpc) is 2.95. The summed E-state index contributed by atoms with van der Waals surface area (Å²) < 4.78 is 17.0. The topological polar surface area (TPSA) is 57.1 Å². The molecule has 38 heavy (non-hydrogen) atoms. The summed E-state index contributed by atoms with van der Waals surface area (Å²) in [5.41, 5.74) is 2.25.